The molecule has 16 aromatic rings. The lowest BCUT2D eigenvalue weighted by atomic mass is 9.93. The normalized spacial score (nSPS) is 11.0. The monoisotopic (exact) mass is 1360 g/mol. The molecule has 0 aliphatic rings. The summed E-state index contributed by atoms with van der Waals surface area (Å²) in [5, 5.41) is 25.8. The highest BCUT2D eigenvalue weighted by molar-refractivity contribution is 7.00. The van der Waals surface area contributed by atoms with Gasteiger partial charge in [0, 0.05) is 79.4 Å². The Kier molecular flexibility index (Phi) is 18.2. The number of nitrogens with zero attached hydrogens (tertiary/aromatic N) is 10. The third kappa shape index (κ3) is 12.7. The fourth-order valence-corrected chi connectivity index (χ4v) is 14.1. The summed E-state index contributed by atoms with van der Waals surface area (Å²) >= 11 is 2.02. The van der Waals surface area contributed by atoms with Crippen LogP contribution in [0.4, 0.5) is 91.0 Å². The molecule has 14 aromatic carbocycles. The number of fused-ring (bicyclic) bond motifs is 2. The summed E-state index contributed by atoms with van der Waals surface area (Å²) in [5.74, 6) is 0. The molecule has 102 heavy (non-hydrogen) atoms. The van der Waals surface area contributed by atoms with E-state index >= 15 is 0 Å². The van der Waals surface area contributed by atoms with E-state index in [9.17, 15) is 20.2 Å². The minimum absolute atomic E-state index is 0.0441. The first kappa shape index (κ1) is 64.3. The number of nitrogen functional groups attached to an aromatic ring is 2. The van der Waals surface area contributed by atoms with Crippen molar-refractivity contribution in [3.63, 3.8) is 0 Å². The van der Waals surface area contributed by atoms with E-state index in [4.69, 9.17) is 20.2 Å². The van der Waals surface area contributed by atoms with Crippen molar-refractivity contribution < 1.29 is 9.85 Å². The molecule has 4 N–H and O–H groups in total. The van der Waals surface area contributed by atoms with Crippen LogP contribution >= 0.6 is 23.5 Å². The molecule has 16 rings (SSSR count). The zero-order chi connectivity index (χ0) is 69.5. The number of para-hydroxylation sites is 8. The Morgan fingerprint density at radius 2 is 0.392 bits per heavy atom. The summed E-state index contributed by atoms with van der Waals surface area (Å²) in [6.45, 7) is 0. The predicted octanol–water partition coefficient (Wildman–Crippen LogP) is 22.9. The standard InChI is InChI=1S/C42H28N6O4S.C42H32N6S/c49-47(50)41-37(29-21-25-35(26-22-29)45(31-13-5-1-6-14-31)32-15-7-2-8-16-32)39-40(44-53-43-39)38(42(41)48(51)52)30-23-27-36(28-24-30)46(33-17-9-3-10-18-33)34-19-11-4-12-20-34;43-39-37(29-21-25-35(26-22-29)47(31-13-5-1-6-14-31)32-15-7-2-8-16-32)41-42(46-49-45-41)38(40(39)44)30-23-27-36(28-24-30)48(33-17-9-3-10-18-33)34-19-11-4-12-20-34/h1-28H;1-28H,43-44H2. The number of anilines is 14. The summed E-state index contributed by atoms with van der Waals surface area (Å²) < 4.78 is 18.4. The molecule has 0 radical (unpaired) electrons. The Morgan fingerprint density at radius 1 is 0.235 bits per heavy atom. The summed E-state index contributed by atoms with van der Waals surface area (Å²) in [6, 6.07) is 112. The van der Waals surface area contributed by atoms with Crippen LogP contribution in [0.2, 0.25) is 0 Å². The van der Waals surface area contributed by atoms with Crippen LogP contribution in [0.3, 0.4) is 0 Å². The van der Waals surface area contributed by atoms with Crippen LogP contribution in [0.15, 0.2) is 340 Å². The molecule has 0 spiro atoms. The second kappa shape index (κ2) is 28.8. The minimum atomic E-state index is -0.690. The third-order valence-electron chi connectivity index (χ3n) is 17.6. The Bertz CT molecular complexity index is 5080. The highest BCUT2D eigenvalue weighted by Crippen LogP contribution is 2.52. The van der Waals surface area contributed by atoms with Gasteiger partial charge in [-0.25, -0.2) is 0 Å². The largest absolute Gasteiger partial charge is 0.396 e. The van der Waals surface area contributed by atoms with E-state index in [0.29, 0.717) is 22.5 Å². The average Bonchev–Trinajstić information content (AvgIpc) is 1.52. The van der Waals surface area contributed by atoms with Gasteiger partial charge in [0.1, 0.15) is 22.1 Å². The van der Waals surface area contributed by atoms with Crippen molar-refractivity contribution in [2.24, 2.45) is 0 Å². The first-order chi connectivity index (χ1) is 50.2. The topological polar surface area (TPSA) is 203 Å². The molecule has 0 fully saturated rings. The molecule has 0 saturated heterocycles. The lowest BCUT2D eigenvalue weighted by Gasteiger charge is -2.26. The van der Waals surface area contributed by atoms with Crippen LogP contribution in [0.1, 0.15) is 0 Å². The Labute approximate surface area is 595 Å². The lowest BCUT2D eigenvalue weighted by Crippen LogP contribution is -2.09. The number of hydrogen-bond donors (Lipinski definition) is 2. The fourth-order valence-electron chi connectivity index (χ4n) is 13.0. The molecule has 0 saturated carbocycles. The van der Waals surface area contributed by atoms with Crippen molar-refractivity contribution in [2.45, 2.75) is 0 Å². The fraction of sp³-hybridized carbons (Fsp3) is 0. The predicted molar refractivity (Wildman–Crippen MR) is 417 cm³/mol. The Balaban J connectivity index is 0.000000165. The second-order valence-corrected chi connectivity index (χ2v) is 24.7. The lowest BCUT2D eigenvalue weighted by molar-refractivity contribution is -0.421. The number of nitro groups is 2. The van der Waals surface area contributed by atoms with Crippen LogP contribution in [-0.2, 0) is 0 Å². The van der Waals surface area contributed by atoms with E-state index < -0.39 is 21.2 Å². The van der Waals surface area contributed by atoms with Gasteiger partial charge < -0.3 is 31.1 Å². The zero-order valence-corrected chi connectivity index (χ0v) is 56.0. The number of rotatable bonds is 18. The maximum Gasteiger partial charge on any atom is 0.356 e. The van der Waals surface area contributed by atoms with Crippen LogP contribution < -0.4 is 31.1 Å². The third-order valence-corrected chi connectivity index (χ3v) is 18.6. The van der Waals surface area contributed by atoms with Crippen molar-refractivity contribution in [1.29, 1.82) is 0 Å². The molecule has 0 aliphatic heterocycles. The van der Waals surface area contributed by atoms with E-state index in [1.165, 1.54) is 11.7 Å². The van der Waals surface area contributed by atoms with E-state index in [-0.39, 0.29) is 22.2 Å². The molecular formula is C84H60N12O4S2. The molecule has 492 valence electrons. The van der Waals surface area contributed by atoms with Crippen molar-refractivity contribution in [3.8, 4) is 44.5 Å². The molecule has 2 aromatic heterocycles. The van der Waals surface area contributed by atoms with Crippen molar-refractivity contribution in [3.05, 3.63) is 360 Å². The van der Waals surface area contributed by atoms with Gasteiger partial charge in [-0.3, -0.25) is 20.2 Å². The maximum atomic E-state index is 12.9. The van der Waals surface area contributed by atoms with E-state index in [0.717, 1.165) is 113 Å². The molecule has 0 atom stereocenters. The summed E-state index contributed by atoms with van der Waals surface area (Å²) in [5.41, 5.74) is 31.3. The van der Waals surface area contributed by atoms with Crippen molar-refractivity contribution in [2.75, 3.05) is 31.1 Å². The van der Waals surface area contributed by atoms with Gasteiger partial charge in [-0.05, 0) is 168 Å². The molecule has 0 amide bonds. The van der Waals surface area contributed by atoms with Crippen LogP contribution in [0.25, 0.3) is 66.6 Å². The van der Waals surface area contributed by atoms with Crippen molar-refractivity contribution in [1.82, 2.24) is 17.5 Å². The van der Waals surface area contributed by atoms with Gasteiger partial charge in [-0.15, -0.1) is 0 Å². The van der Waals surface area contributed by atoms with Gasteiger partial charge in [0.2, 0.25) is 0 Å². The first-order valence-corrected chi connectivity index (χ1v) is 34.1. The number of hydrogen-bond acceptors (Lipinski definition) is 16. The van der Waals surface area contributed by atoms with Gasteiger partial charge in [0.25, 0.3) is 0 Å². The number of nitro benzene ring substituents is 2. The van der Waals surface area contributed by atoms with Gasteiger partial charge >= 0.3 is 11.4 Å². The van der Waals surface area contributed by atoms with Crippen LogP contribution in [-0.4, -0.2) is 27.3 Å². The highest BCUT2D eigenvalue weighted by atomic mass is 32.1. The second-order valence-electron chi connectivity index (χ2n) is 23.7. The quantitative estimate of drug-likeness (QED) is 0.0466. The summed E-state index contributed by atoms with van der Waals surface area (Å²) in [6.07, 6.45) is 0. The van der Waals surface area contributed by atoms with Crippen molar-refractivity contribution >= 4 is 137 Å². The van der Waals surface area contributed by atoms with Gasteiger partial charge in [-0.1, -0.05) is 194 Å². The molecule has 0 bridgehead atoms. The van der Waals surface area contributed by atoms with Gasteiger partial charge in [-0.2, -0.15) is 17.5 Å². The van der Waals surface area contributed by atoms with E-state index in [2.05, 4.69) is 125 Å². The minimum Gasteiger partial charge on any atom is -0.396 e. The van der Waals surface area contributed by atoms with E-state index in [1.54, 1.807) is 24.3 Å². The molecule has 0 aliphatic carbocycles. The first-order valence-electron chi connectivity index (χ1n) is 32.6. The maximum absolute atomic E-state index is 12.9. The molecule has 18 heteroatoms. The Morgan fingerprint density at radius 3 is 0.569 bits per heavy atom. The van der Waals surface area contributed by atoms with Gasteiger partial charge in [0.05, 0.1) is 55.8 Å². The SMILES string of the molecule is Nc1c(N)c(-c2ccc(N(c3ccccc3)c3ccccc3)cc2)c2nsnc2c1-c1ccc(N(c2ccccc2)c2ccccc2)cc1.O=[N+]([O-])c1c([N+](=O)[O-])c(-c2ccc(N(c3ccccc3)c3ccccc3)cc2)c2nsnc2c1-c1ccc(N(c2ccccc2)c2ccccc2)cc1. The molecule has 16 nitrogen and oxygen atoms in total. The van der Waals surface area contributed by atoms with Crippen LogP contribution in [0, 0.1) is 20.2 Å². The smallest absolute Gasteiger partial charge is 0.356 e. The number of nitrogens with two attached hydrogens (primary N) is 2. The van der Waals surface area contributed by atoms with Gasteiger partial charge in [0.15, 0.2) is 0 Å². The average molecular weight is 1370 g/mol. The van der Waals surface area contributed by atoms with Crippen LogP contribution in [0.5, 0.6) is 0 Å². The summed E-state index contributed by atoms with van der Waals surface area (Å²) in [7, 11) is 0. The highest BCUT2D eigenvalue weighted by Gasteiger charge is 2.39. The number of benzene rings is 14. The Hall–Kier alpha value is -13.7. The van der Waals surface area contributed by atoms with E-state index in [1.807, 2.05) is 218 Å². The molecule has 2 heterocycles. The number of aromatic nitrogens is 4. The molecule has 0 unspecified atom stereocenters. The molecular weight excluding hydrogens is 1310 g/mol. The summed E-state index contributed by atoms with van der Waals surface area (Å²) in [4.78, 5) is 33.0. The zero-order valence-electron chi connectivity index (χ0n) is 54.4.